The average molecular weight is 458 g/mol. The van der Waals surface area contributed by atoms with Crippen LogP contribution in [-0.2, 0) is 29.0 Å². The molecule has 0 radical (unpaired) electrons. The number of nitrogens with zero attached hydrogens (tertiary/aromatic N) is 2. The lowest BCUT2D eigenvalue weighted by Gasteiger charge is -2.43. The summed E-state index contributed by atoms with van der Waals surface area (Å²) in [6, 6.07) is 11.3. The van der Waals surface area contributed by atoms with E-state index in [1.165, 1.54) is 61.3 Å². The zero-order chi connectivity index (χ0) is 22.9. The predicted molar refractivity (Wildman–Crippen MR) is 126 cm³/mol. The summed E-state index contributed by atoms with van der Waals surface area (Å²) >= 11 is 1.88. The first-order valence-corrected chi connectivity index (χ1v) is 11.9. The van der Waals surface area contributed by atoms with E-state index in [4.69, 9.17) is 15.2 Å². The number of aliphatic carboxylic acids is 2. The number of likely N-dealkylation sites (tertiary alicyclic amines) is 1. The molecule has 1 saturated heterocycles. The van der Waals surface area contributed by atoms with E-state index in [1.807, 2.05) is 11.3 Å². The standard InChI is InChI=1S/C20H27N3S.C4H4O4/c1-2-10-23-11-6-9-16-12-17-19(13-18(16)23)24-20(22-17)21-14-15-7-4-3-5-8-15;5-3(6)1-2-4(7)8/h3-5,7-8,16,18H,2,6,9-14H2,1H3,(H,21,22);1-2H,(H,5,6)(H,7,8)/b;2-1-/t16-,18-;/m1./s1. The van der Waals surface area contributed by atoms with Gasteiger partial charge in [-0.25, -0.2) is 14.6 Å². The van der Waals surface area contributed by atoms with Crippen molar-refractivity contribution in [2.45, 2.75) is 51.6 Å². The van der Waals surface area contributed by atoms with Gasteiger partial charge in [0.2, 0.25) is 0 Å². The Balaban J connectivity index is 0.000000312. The molecule has 2 heterocycles. The van der Waals surface area contributed by atoms with Gasteiger partial charge in [-0.15, -0.1) is 11.3 Å². The first-order chi connectivity index (χ1) is 15.5. The van der Waals surface area contributed by atoms with E-state index < -0.39 is 11.9 Å². The van der Waals surface area contributed by atoms with Gasteiger partial charge >= 0.3 is 11.9 Å². The second-order valence-electron chi connectivity index (χ2n) is 8.15. The molecular formula is C24H31N3O4S. The van der Waals surface area contributed by atoms with E-state index in [1.54, 1.807) is 0 Å². The highest BCUT2D eigenvalue weighted by atomic mass is 32.1. The lowest BCUT2D eigenvalue weighted by Crippen LogP contribution is -2.49. The molecule has 1 aliphatic heterocycles. The van der Waals surface area contributed by atoms with Gasteiger partial charge < -0.3 is 15.5 Å². The molecule has 7 nitrogen and oxygen atoms in total. The molecule has 0 amide bonds. The number of nitrogens with one attached hydrogen (secondary N) is 1. The van der Waals surface area contributed by atoms with Gasteiger partial charge in [-0.3, -0.25) is 4.90 Å². The molecule has 2 atom stereocenters. The van der Waals surface area contributed by atoms with Crippen molar-refractivity contribution >= 4 is 28.4 Å². The fraction of sp³-hybridized carbons (Fsp3) is 0.458. The van der Waals surface area contributed by atoms with Gasteiger partial charge in [-0.2, -0.15) is 0 Å². The number of anilines is 1. The fourth-order valence-corrected chi connectivity index (χ4v) is 5.48. The number of aromatic nitrogens is 1. The van der Waals surface area contributed by atoms with Crippen LogP contribution in [0.5, 0.6) is 0 Å². The van der Waals surface area contributed by atoms with Crippen molar-refractivity contribution in [3.63, 3.8) is 0 Å². The predicted octanol–water partition coefficient (Wildman–Crippen LogP) is 4.06. The summed E-state index contributed by atoms with van der Waals surface area (Å²) < 4.78 is 0. The van der Waals surface area contributed by atoms with E-state index in [2.05, 4.69) is 47.5 Å². The van der Waals surface area contributed by atoms with Gasteiger partial charge in [0, 0.05) is 29.6 Å². The number of rotatable bonds is 7. The number of piperidine rings is 1. The van der Waals surface area contributed by atoms with Crippen LogP contribution in [0.15, 0.2) is 42.5 Å². The maximum atomic E-state index is 9.55. The molecule has 1 aromatic carbocycles. The Hall–Kier alpha value is -2.71. The quantitative estimate of drug-likeness (QED) is 0.539. The number of thiazole rings is 1. The first kappa shape index (κ1) is 23.9. The van der Waals surface area contributed by atoms with E-state index in [-0.39, 0.29) is 0 Å². The van der Waals surface area contributed by atoms with Gasteiger partial charge in [0.05, 0.1) is 5.69 Å². The number of carboxylic acids is 2. The molecule has 0 saturated carbocycles. The van der Waals surface area contributed by atoms with Crippen LogP contribution in [-0.4, -0.2) is 51.2 Å². The number of carbonyl (C=O) groups is 2. The summed E-state index contributed by atoms with van der Waals surface area (Å²) in [6.45, 7) is 5.72. The second kappa shape index (κ2) is 11.8. The van der Waals surface area contributed by atoms with Crippen molar-refractivity contribution in [2.24, 2.45) is 5.92 Å². The lowest BCUT2D eigenvalue weighted by atomic mass is 9.79. The van der Waals surface area contributed by atoms with Crippen LogP contribution in [0.4, 0.5) is 5.13 Å². The maximum Gasteiger partial charge on any atom is 0.328 e. The maximum absolute atomic E-state index is 9.55. The summed E-state index contributed by atoms with van der Waals surface area (Å²) in [6.07, 6.45) is 7.52. The van der Waals surface area contributed by atoms with Crippen LogP contribution in [0.2, 0.25) is 0 Å². The number of benzene rings is 1. The van der Waals surface area contributed by atoms with Crippen LogP contribution in [0.3, 0.4) is 0 Å². The van der Waals surface area contributed by atoms with Crippen molar-refractivity contribution in [1.29, 1.82) is 0 Å². The Morgan fingerprint density at radius 2 is 1.91 bits per heavy atom. The highest BCUT2D eigenvalue weighted by Crippen LogP contribution is 2.38. The normalized spacial score (nSPS) is 20.0. The lowest BCUT2D eigenvalue weighted by molar-refractivity contribution is -0.134. The van der Waals surface area contributed by atoms with Crippen molar-refractivity contribution in [1.82, 2.24) is 9.88 Å². The van der Waals surface area contributed by atoms with Gasteiger partial charge in [-0.05, 0) is 56.7 Å². The highest BCUT2D eigenvalue weighted by Gasteiger charge is 2.36. The van der Waals surface area contributed by atoms with Gasteiger partial charge in [0.15, 0.2) is 5.13 Å². The fourth-order valence-electron chi connectivity index (χ4n) is 4.44. The Morgan fingerprint density at radius 1 is 1.19 bits per heavy atom. The number of fused-ring (bicyclic) bond motifs is 2. The average Bonchev–Trinajstić information content (AvgIpc) is 3.18. The zero-order valence-corrected chi connectivity index (χ0v) is 19.2. The van der Waals surface area contributed by atoms with Crippen LogP contribution >= 0.6 is 11.3 Å². The monoisotopic (exact) mass is 457 g/mol. The van der Waals surface area contributed by atoms with Gasteiger partial charge in [0.1, 0.15) is 0 Å². The van der Waals surface area contributed by atoms with Crippen LogP contribution in [0, 0.1) is 5.92 Å². The molecule has 1 fully saturated rings. The third-order valence-corrected chi connectivity index (χ3v) is 6.91. The SMILES string of the molecule is CCCN1CCC[C@@H]2Cc3nc(NCc4ccccc4)sc3C[C@H]21.O=C(O)/C=C\C(=O)O. The number of carboxylic acid groups (broad SMARTS) is 2. The molecule has 0 spiro atoms. The van der Waals surface area contributed by atoms with E-state index in [0.29, 0.717) is 12.2 Å². The molecule has 2 aliphatic rings. The zero-order valence-electron chi connectivity index (χ0n) is 18.4. The third kappa shape index (κ3) is 6.90. The third-order valence-electron chi connectivity index (χ3n) is 5.83. The minimum atomic E-state index is -1.26. The summed E-state index contributed by atoms with van der Waals surface area (Å²) in [7, 11) is 0. The molecule has 172 valence electrons. The van der Waals surface area contributed by atoms with Crippen molar-refractivity contribution in [3.05, 3.63) is 58.6 Å². The summed E-state index contributed by atoms with van der Waals surface area (Å²) in [5.74, 6) is -1.69. The highest BCUT2D eigenvalue weighted by molar-refractivity contribution is 7.15. The molecule has 1 aliphatic carbocycles. The largest absolute Gasteiger partial charge is 0.478 e. The summed E-state index contributed by atoms with van der Waals surface area (Å²) in [5.41, 5.74) is 2.68. The van der Waals surface area contributed by atoms with Gasteiger partial charge in [0.25, 0.3) is 0 Å². The van der Waals surface area contributed by atoms with E-state index in [0.717, 1.165) is 23.6 Å². The molecule has 4 rings (SSSR count). The molecule has 8 heteroatoms. The minimum Gasteiger partial charge on any atom is -0.478 e. The molecule has 0 unspecified atom stereocenters. The van der Waals surface area contributed by atoms with Gasteiger partial charge in [-0.1, -0.05) is 37.3 Å². The molecule has 3 N–H and O–H groups in total. The molecule has 32 heavy (non-hydrogen) atoms. The Labute approximate surface area is 192 Å². The van der Waals surface area contributed by atoms with Crippen LogP contribution < -0.4 is 5.32 Å². The van der Waals surface area contributed by atoms with Crippen molar-refractivity contribution in [2.75, 3.05) is 18.4 Å². The van der Waals surface area contributed by atoms with E-state index >= 15 is 0 Å². The second-order valence-corrected chi connectivity index (χ2v) is 9.24. The topological polar surface area (TPSA) is 103 Å². The van der Waals surface area contributed by atoms with Crippen molar-refractivity contribution < 1.29 is 19.8 Å². The molecular weight excluding hydrogens is 426 g/mol. The smallest absolute Gasteiger partial charge is 0.328 e. The van der Waals surface area contributed by atoms with E-state index in [9.17, 15) is 9.59 Å². The summed E-state index contributed by atoms with van der Waals surface area (Å²) in [5, 5.41) is 20.3. The number of hydrogen-bond donors (Lipinski definition) is 3. The minimum absolute atomic E-state index is 0.558. The first-order valence-electron chi connectivity index (χ1n) is 11.1. The molecule has 1 aromatic heterocycles. The molecule has 2 aromatic rings. The Kier molecular flexibility index (Phi) is 8.81. The van der Waals surface area contributed by atoms with Crippen LogP contribution in [0.25, 0.3) is 0 Å². The Bertz CT molecular complexity index is 911. The van der Waals surface area contributed by atoms with Crippen LogP contribution in [0.1, 0.15) is 42.3 Å². The van der Waals surface area contributed by atoms with Crippen molar-refractivity contribution in [3.8, 4) is 0 Å². The number of hydrogen-bond acceptors (Lipinski definition) is 6. The Morgan fingerprint density at radius 3 is 2.56 bits per heavy atom. The summed E-state index contributed by atoms with van der Waals surface area (Å²) in [4.78, 5) is 28.3. The molecule has 0 bridgehead atoms.